The van der Waals surface area contributed by atoms with Gasteiger partial charge in [-0.2, -0.15) is 0 Å². The summed E-state index contributed by atoms with van der Waals surface area (Å²) in [6.45, 7) is 7.52. The molecule has 0 spiro atoms. The Hall–Kier alpha value is -0.700. The van der Waals surface area contributed by atoms with Crippen LogP contribution in [0.25, 0.3) is 0 Å². The lowest BCUT2D eigenvalue weighted by atomic mass is 9.93. The van der Waals surface area contributed by atoms with Gasteiger partial charge in [0.05, 0.1) is 6.04 Å². The molecule has 0 fully saturated rings. The minimum Gasteiger partial charge on any atom is -0.311 e. The van der Waals surface area contributed by atoms with Gasteiger partial charge in [0.15, 0.2) is 0 Å². The van der Waals surface area contributed by atoms with Crippen LogP contribution in [0.15, 0.2) is 0 Å². The number of hydrogen-bond donors (Lipinski definition) is 1. The topological polar surface area (TPSA) is 46.2 Å². The Morgan fingerprint density at radius 1 is 1.20 bits per heavy atom. The summed E-state index contributed by atoms with van der Waals surface area (Å²) in [7, 11) is 1.80. The molecule has 1 N–H and O–H groups in total. The van der Waals surface area contributed by atoms with Crippen molar-refractivity contribution in [2.45, 2.75) is 46.6 Å². The minimum atomic E-state index is -0.152. The molecule has 0 saturated carbocycles. The highest BCUT2D eigenvalue weighted by atomic mass is 16.1. The average Bonchev–Trinajstić information content (AvgIpc) is 2.13. The van der Waals surface area contributed by atoms with Crippen LogP contribution in [0.4, 0.5) is 0 Å². The molecule has 0 aliphatic heterocycles. The van der Waals surface area contributed by atoms with Crippen molar-refractivity contribution in [1.82, 2.24) is 5.32 Å². The highest BCUT2D eigenvalue weighted by molar-refractivity contribution is 5.89. The molecule has 15 heavy (non-hydrogen) atoms. The fourth-order valence-electron chi connectivity index (χ4n) is 1.47. The van der Waals surface area contributed by atoms with E-state index in [1.807, 2.05) is 6.92 Å². The summed E-state index contributed by atoms with van der Waals surface area (Å²) in [5, 5.41) is 3.02. The van der Waals surface area contributed by atoms with Crippen molar-refractivity contribution in [2.24, 2.45) is 11.8 Å². The maximum Gasteiger partial charge on any atom is 0.150 e. The number of ketones is 2. The molecule has 0 aromatic carbocycles. The van der Waals surface area contributed by atoms with Crippen LogP contribution in [0.1, 0.15) is 40.5 Å². The fraction of sp³-hybridized carbons (Fsp3) is 0.833. The average molecular weight is 213 g/mol. The first kappa shape index (κ1) is 14.3. The van der Waals surface area contributed by atoms with Gasteiger partial charge in [0, 0.05) is 12.3 Å². The molecule has 0 aromatic heterocycles. The van der Waals surface area contributed by atoms with Gasteiger partial charge in [-0.1, -0.05) is 20.8 Å². The Balaban J connectivity index is 4.21. The van der Waals surface area contributed by atoms with Crippen LogP contribution in [0, 0.1) is 11.8 Å². The summed E-state index contributed by atoms with van der Waals surface area (Å²) in [6, 6.07) is -0.105. The standard InChI is InChI=1S/C12H23NO2/c1-8(2)6-11(13-5)12(15)7-9(3)10(4)14/h8-9,11,13H,6-7H2,1-5H3/t9-,11+/m1/s1. The molecule has 0 rings (SSSR count). The van der Waals surface area contributed by atoms with Crippen LogP contribution in [-0.4, -0.2) is 24.7 Å². The molecule has 0 amide bonds. The number of rotatable bonds is 7. The van der Waals surface area contributed by atoms with Crippen molar-refractivity contribution < 1.29 is 9.59 Å². The highest BCUT2D eigenvalue weighted by Crippen LogP contribution is 2.11. The summed E-state index contributed by atoms with van der Waals surface area (Å²) in [4.78, 5) is 22.8. The Morgan fingerprint density at radius 3 is 2.07 bits per heavy atom. The van der Waals surface area contributed by atoms with Gasteiger partial charge in [0.1, 0.15) is 11.6 Å². The van der Waals surface area contributed by atoms with Gasteiger partial charge >= 0.3 is 0 Å². The number of nitrogens with one attached hydrogen (secondary N) is 1. The van der Waals surface area contributed by atoms with Gasteiger partial charge in [0.2, 0.25) is 0 Å². The normalized spacial score (nSPS) is 15.1. The first-order chi connectivity index (χ1) is 6.88. The molecule has 0 heterocycles. The molecule has 0 aliphatic carbocycles. The van der Waals surface area contributed by atoms with Crippen molar-refractivity contribution >= 4 is 11.6 Å². The fourth-order valence-corrected chi connectivity index (χ4v) is 1.47. The van der Waals surface area contributed by atoms with Crippen LogP contribution < -0.4 is 5.32 Å². The highest BCUT2D eigenvalue weighted by Gasteiger charge is 2.21. The SMILES string of the molecule is CN[C@@H](CC(C)C)C(=O)C[C@@H](C)C(C)=O. The molecular formula is C12H23NO2. The molecule has 0 aromatic rings. The van der Waals surface area contributed by atoms with Crippen molar-refractivity contribution in [2.75, 3.05) is 7.05 Å². The zero-order chi connectivity index (χ0) is 12.0. The second-order valence-electron chi connectivity index (χ2n) is 4.65. The molecule has 0 unspecified atom stereocenters. The Morgan fingerprint density at radius 2 is 1.73 bits per heavy atom. The zero-order valence-corrected chi connectivity index (χ0v) is 10.5. The number of carbonyl (C=O) groups excluding carboxylic acids is 2. The predicted octanol–water partition coefficient (Wildman–Crippen LogP) is 1.80. The number of hydrogen-bond acceptors (Lipinski definition) is 3. The first-order valence-electron chi connectivity index (χ1n) is 5.58. The maximum atomic E-state index is 11.8. The monoisotopic (exact) mass is 213 g/mol. The summed E-state index contributed by atoms with van der Waals surface area (Å²) < 4.78 is 0. The lowest BCUT2D eigenvalue weighted by molar-refractivity contribution is -0.127. The van der Waals surface area contributed by atoms with Gasteiger partial charge in [-0.25, -0.2) is 0 Å². The molecule has 2 atom stereocenters. The molecular weight excluding hydrogens is 190 g/mol. The van der Waals surface area contributed by atoms with E-state index in [-0.39, 0.29) is 23.5 Å². The third-order valence-corrected chi connectivity index (χ3v) is 2.65. The van der Waals surface area contributed by atoms with E-state index in [1.165, 1.54) is 6.92 Å². The Bertz CT molecular complexity index is 224. The van der Waals surface area contributed by atoms with E-state index in [0.717, 1.165) is 6.42 Å². The number of likely N-dealkylation sites (N-methyl/N-ethyl adjacent to an activating group) is 1. The second kappa shape index (κ2) is 6.72. The van der Waals surface area contributed by atoms with Crippen molar-refractivity contribution in [3.8, 4) is 0 Å². The molecule has 88 valence electrons. The lowest BCUT2D eigenvalue weighted by Gasteiger charge is -2.18. The number of Topliss-reactive ketones (excluding diaryl/α,β-unsaturated/α-hetero) is 2. The van der Waals surface area contributed by atoms with Gasteiger partial charge in [0.25, 0.3) is 0 Å². The van der Waals surface area contributed by atoms with E-state index in [2.05, 4.69) is 19.2 Å². The van der Waals surface area contributed by atoms with E-state index in [1.54, 1.807) is 7.05 Å². The van der Waals surface area contributed by atoms with Crippen LogP contribution in [0.5, 0.6) is 0 Å². The molecule has 3 nitrogen and oxygen atoms in total. The maximum absolute atomic E-state index is 11.8. The van der Waals surface area contributed by atoms with E-state index in [9.17, 15) is 9.59 Å². The van der Waals surface area contributed by atoms with Crippen molar-refractivity contribution in [1.29, 1.82) is 0 Å². The van der Waals surface area contributed by atoms with Gasteiger partial charge in [-0.3, -0.25) is 9.59 Å². The van der Waals surface area contributed by atoms with E-state index in [0.29, 0.717) is 12.3 Å². The van der Waals surface area contributed by atoms with E-state index in [4.69, 9.17) is 0 Å². The molecule has 0 aliphatic rings. The van der Waals surface area contributed by atoms with Crippen LogP contribution in [-0.2, 0) is 9.59 Å². The number of carbonyl (C=O) groups is 2. The zero-order valence-electron chi connectivity index (χ0n) is 10.5. The van der Waals surface area contributed by atoms with Crippen molar-refractivity contribution in [3.05, 3.63) is 0 Å². The third kappa shape index (κ3) is 5.67. The van der Waals surface area contributed by atoms with Crippen LogP contribution >= 0.6 is 0 Å². The van der Waals surface area contributed by atoms with Crippen LogP contribution in [0.3, 0.4) is 0 Å². The summed E-state index contributed by atoms with van der Waals surface area (Å²) in [5.41, 5.74) is 0. The van der Waals surface area contributed by atoms with Gasteiger partial charge < -0.3 is 5.32 Å². The van der Waals surface area contributed by atoms with Gasteiger partial charge in [-0.05, 0) is 26.3 Å². The molecule has 0 radical (unpaired) electrons. The minimum absolute atomic E-state index is 0.0859. The third-order valence-electron chi connectivity index (χ3n) is 2.65. The second-order valence-corrected chi connectivity index (χ2v) is 4.65. The Kier molecular flexibility index (Phi) is 6.41. The summed E-state index contributed by atoms with van der Waals surface area (Å²) in [6.07, 6.45) is 1.19. The summed E-state index contributed by atoms with van der Waals surface area (Å²) >= 11 is 0. The van der Waals surface area contributed by atoms with Gasteiger partial charge in [-0.15, -0.1) is 0 Å². The quantitative estimate of drug-likeness (QED) is 0.701. The first-order valence-corrected chi connectivity index (χ1v) is 5.58. The Labute approximate surface area is 92.6 Å². The molecule has 0 saturated heterocycles. The lowest BCUT2D eigenvalue weighted by Crippen LogP contribution is -2.36. The smallest absolute Gasteiger partial charge is 0.150 e. The van der Waals surface area contributed by atoms with E-state index < -0.39 is 0 Å². The molecule has 3 heteroatoms. The predicted molar refractivity (Wildman–Crippen MR) is 61.8 cm³/mol. The van der Waals surface area contributed by atoms with Crippen molar-refractivity contribution in [3.63, 3.8) is 0 Å². The summed E-state index contributed by atoms with van der Waals surface area (Å²) in [5.74, 6) is 0.566. The molecule has 0 bridgehead atoms. The van der Waals surface area contributed by atoms with E-state index >= 15 is 0 Å². The van der Waals surface area contributed by atoms with Crippen LogP contribution in [0.2, 0.25) is 0 Å². The largest absolute Gasteiger partial charge is 0.311 e.